The first-order valence-electron chi connectivity index (χ1n) is 18.6. The van der Waals surface area contributed by atoms with E-state index in [1.165, 1.54) is 54.3 Å². The molecular formula is C49H36N4S. The summed E-state index contributed by atoms with van der Waals surface area (Å²) >= 11 is 1.78. The summed E-state index contributed by atoms with van der Waals surface area (Å²) in [5, 5.41) is 13.8. The van der Waals surface area contributed by atoms with Gasteiger partial charge in [-0.25, -0.2) is 9.98 Å². The van der Waals surface area contributed by atoms with Crippen LogP contribution in [-0.4, -0.2) is 11.7 Å². The average Bonchev–Trinajstić information content (AvgIpc) is 3.23. The third-order valence-electron chi connectivity index (χ3n) is 11.2. The van der Waals surface area contributed by atoms with E-state index in [1.807, 2.05) is 12.1 Å². The molecule has 0 saturated heterocycles. The van der Waals surface area contributed by atoms with Crippen molar-refractivity contribution in [2.24, 2.45) is 9.98 Å². The van der Waals surface area contributed by atoms with Gasteiger partial charge in [0.05, 0.1) is 17.0 Å². The van der Waals surface area contributed by atoms with Crippen LogP contribution < -0.4 is 5.32 Å². The van der Waals surface area contributed by atoms with Crippen LogP contribution in [0, 0.1) is 11.3 Å². The SMILES string of the molecule is CC1=CC(c2ccc(C3=NC(c4ccccc4)N=C(c4ccc5c(c4)C4(c6ccccc6Cc6ccccc64)c4cc(C#N)ccc4S5)N3)cc2)=CCC1. The van der Waals surface area contributed by atoms with E-state index >= 15 is 0 Å². The van der Waals surface area contributed by atoms with E-state index in [1.54, 1.807) is 11.8 Å². The standard InChI is InChI=1S/C49H36N4S/c1-31-10-9-15-36(26-31)33-19-21-35(22-20-33)47-51-46(34-11-3-2-4-12-34)52-48(53-47)39-23-25-45-43(29-39)49(42-27-32(30-50)18-24-44(42)54-45)40-16-7-5-13-37(40)28-38-14-6-8-17-41(38)49/h2-8,11-27,29,46H,9-10,28H2,1H3,(H,51,52,53). The van der Waals surface area contributed by atoms with Gasteiger partial charge in [-0.1, -0.05) is 139 Å². The quantitative estimate of drug-likeness (QED) is 0.198. The van der Waals surface area contributed by atoms with Crippen molar-refractivity contribution >= 4 is 29.0 Å². The van der Waals surface area contributed by atoms with Gasteiger partial charge in [0.1, 0.15) is 11.7 Å². The van der Waals surface area contributed by atoms with Crippen LogP contribution in [0.1, 0.15) is 87.1 Å². The van der Waals surface area contributed by atoms with Gasteiger partial charge in [-0.05, 0) is 107 Å². The molecule has 2 aliphatic heterocycles. The predicted molar refractivity (Wildman–Crippen MR) is 219 cm³/mol. The van der Waals surface area contributed by atoms with Crippen LogP contribution in [0.5, 0.6) is 0 Å². The first-order chi connectivity index (χ1) is 26.6. The smallest absolute Gasteiger partial charge is 0.169 e. The lowest BCUT2D eigenvalue weighted by Gasteiger charge is -2.46. The van der Waals surface area contributed by atoms with Crippen LogP contribution >= 0.6 is 11.8 Å². The van der Waals surface area contributed by atoms with E-state index in [9.17, 15) is 5.26 Å². The Morgan fingerprint density at radius 3 is 1.98 bits per heavy atom. The van der Waals surface area contributed by atoms with Crippen LogP contribution in [0.4, 0.5) is 0 Å². The molecule has 4 nitrogen and oxygen atoms in total. The number of nitriles is 1. The second-order valence-corrected chi connectivity index (χ2v) is 15.6. The van der Waals surface area contributed by atoms with Crippen molar-refractivity contribution in [2.45, 2.75) is 47.6 Å². The Bertz CT molecular complexity index is 2610. The van der Waals surface area contributed by atoms with Crippen molar-refractivity contribution in [2.75, 3.05) is 0 Å². The third-order valence-corrected chi connectivity index (χ3v) is 12.4. The summed E-state index contributed by atoms with van der Waals surface area (Å²) in [4.78, 5) is 12.8. The third kappa shape index (κ3) is 5.29. The zero-order chi connectivity index (χ0) is 36.2. The van der Waals surface area contributed by atoms with Gasteiger partial charge >= 0.3 is 0 Å². The highest BCUT2D eigenvalue weighted by molar-refractivity contribution is 7.99. The molecule has 258 valence electrons. The Hall–Kier alpha value is -6.22. The van der Waals surface area contributed by atoms with E-state index in [0.29, 0.717) is 5.56 Å². The van der Waals surface area contributed by atoms with E-state index in [0.717, 1.165) is 53.2 Å². The molecule has 0 bridgehead atoms. The van der Waals surface area contributed by atoms with Crippen LogP contribution in [0.3, 0.4) is 0 Å². The largest absolute Gasteiger partial charge is 0.324 e. The van der Waals surface area contributed by atoms with Gasteiger partial charge in [-0.15, -0.1) is 0 Å². The van der Waals surface area contributed by atoms with Crippen molar-refractivity contribution < 1.29 is 0 Å². The molecule has 1 N–H and O–H groups in total. The lowest BCUT2D eigenvalue weighted by molar-refractivity contribution is 0.668. The molecule has 2 aliphatic carbocycles. The van der Waals surface area contributed by atoms with Crippen molar-refractivity contribution in [3.8, 4) is 6.07 Å². The average molecular weight is 713 g/mol. The molecule has 1 unspecified atom stereocenters. The van der Waals surface area contributed by atoms with Crippen LogP contribution in [0.2, 0.25) is 0 Å². The molecule has 10 rings (SSSR count). The minimum Gasteiger partial charge on any atom is -0.324 e. The van der Waals surface area contributed by atoms with Gasteiger partial charge in [-0.2, -0.15) is 5.26 Å². The maximum atomic E-state index is 10.2. The highest BCUT2D eigenvalue weighted by atomic mass is 32.2. The molecule has 54 heavy (non-hydrogen) atoms. The second kappa shape index (κ2) is 13.0. The molecule has 5 heteroatoms. The van der Waals surface area contributed by atoms with Gasteiger partial charge in [0.15, 0.2) is 6.17 Å². The van der Waals surface area contributed by atoms with Crippen molar-refractivity contribution in [1.82, 2.24) is 5.32 Å². The zero-order valence-corrected chi connectivity index (χ0v) is 30.7. The summed E-state index contributed by atoms with van der Waals surface area (Å²) in [6.45, 7) is 2.21. The summed E-state index contributed by atoms with van der Waals surface area (Å²) in [7, 11) is 0. The number of aliphatic imine (C=N–C) groups is 2. The van der Waals surface area contributed by atoms with Gasteiger partial charge in [0.2, 0.25) is 0 Å². The van der Waals surface area contributed by atoms with Gasteiger partial charge in [0, 0.05) is 20.9 Å². The van der Waals surface area contributed by atoms with Crippen molar-refractivity contribution in [3.05, 3.63) is 218 Å². The molecule has 0 amide bonds. The van der Waals surface area contributed by atoms with Gasteiger partial charge in [0.25, 0.3) is 0 Å². The minimum atomic E-state index is -0.619. The first-order valence-corrected chi connectivity index (χ1v) is 19.4. The number of hydrogen-bond acceptors (Lipinski definition) is 5. The fourth-order valence-electron chi connectivity index (χ4n) is 8.71. The van der Waals surface area contributed by atoms with Crippen LogP contribution in [0.25, 0.3) is 5.57 Å². The molecule has 2 heterocycles. The Balaban J connectivity index is 1.14. The van der Waals surface area contributed by atoms with E-state index < -0.39 is 11.6 Å². The molecule has 6 aromatic carbocycles. The van der Waals surface area contributed by atoms with Crippen molar-refractivity contribution in [1.29, 1.82) is 5.26 Å². The summed E-state index contributed by atoms with van der Waals surface area (Å²) < 4.78 is 0. The molecule has 0 fully saturated rings. The normalized spacial score (nSPS) is 17.6. The number of allylic oxidation sites excluding steroid dienone is 4. The Kier molecular flexibility index (Phi) is 7.82. The lowest BCUT2D eigenvalue weighted by Crippen LogP contribution is -2.39. The lowest BCUT2D eigenvalue weighted by atomic mass is 9.59. The van der Waals surface area contributed by atoms with Crippen LogP contribution in [0.15, 0.2) is 177 Å². The first kappa shape index (κ1) is 32.4. The maximum absolute atomic E-state index is 10.2. The number of nitrogens with one attached hydrogen (secondary N) is 1. The van der Waals surface area contributed by atoms with Crippen LogP contribution in [-0.2, 0) is 11.8 Å². The summed E-state index contributed by atoms with van der Waals surface area (Å²) in [5.74, 6) is 1.58. The van der Waals surface area contributed by atoms with Gasteiger partial charge < -0.3 is 5.32 Å². The fourth-order valence-corrected chi connectivity index (χ4v) is 9.86. The minimum absolute atomic E-state index is 0.404. The Morgan fingerprint density at radius 2 is 1.28 bits per heavy atom. The molecule has 6 aromatic rings. The molecular weight excluding hydrogens is 677 g/mol. The number of fused-ring (bicyclic) bond motifs is 8. The number of amidine groups is 2. The molecule has 0 saturated carbocycles. The van der Waals surface area contributed by atoms with E-state index in [2.05, 4.69) is 158 Å². The van der Waals surface area contributed by atoms with Crippen molar-refractivity contribution in [3.63, 3.8) is 0 Å². The number of benzene rings is 6. The molecule has 4 aliphatic rings. The number of nitrogens with zero attached hydrogens (tertiary/aromatic N) is 3. The highest BCUT2D eigenvalue weighted by Crippen LogP contribution is 2.59. The zero-order valence-electron chi connectivity index (χ0n) is 29.9. The molecule has 0 aromatic heterocycles. The van der Waals surface area contributed by atoms with E-state index in [-0.39, 0.29) is 0 Å². The summed E-state index contributed by atoms with van der Waals surface area (Å²) in [5.41, 5.74) is 14.5. The fraction of sp³-hybridized carbons (Fsp3) is 0.122. The number of rotatable bonds is 4. The second-order valence-electron chi connectivity index (χ2n) is 14.5. The maximum Gasteiger partial charge on any atom is 0.169 e. The number of hydrogen-bond donors (Lipinski definition) is 1. The Labute approximate surface area is 320 Å². The highest BCUT2D eigenvalue weighted by Gasteiger charge is 2.48. The Morgan fingerprint density at radius 1 is 0.667 bits per heavy atom. The van der Waals surface area contributed by atoms with E-state index in [4.69, 9.17) is 9.98 Å². The molecule has 1 spiro atoms. The predicted octanol–water partition coefficient (Wildman–Crippen LogP) is 10.9. The molecule has 1 atom stereocenters. The summed E-state index contributed by atoms with van der Waals surface area (Å²) in [6.07, 6.45) is 7.29. The summed E-state index contributed by atoms with van der Waals surface area (Å²) in [6, 6.07) is 52.2. The monoisotopic (exact) mass is 712 g/mol. The molecule has 0 radical (unpaired) electrons. The topological polar surface area (TPSA) is 60.5 Å². The van der Waals surface area contributed by atoms with Gasteiger partial charge in [-0.3, -0.25) is 0 Å².